The number of pyridine rings is 1. The van der Waals surface area contributed by atoms with E-state index < -0.39 is 10.9 Å². The first-order valence-electron chi connectivity index (χ1n) is 7.17. The lowest BCUT2D eigenvalue weighted by molar-refractivity contribution is 0.474. The molecule has 6 heteroatoms. The van der Waals surface area contributed by atoms with E-state index in [4.69, 9.17) is 0 Å². The van der Waals surface area contributed by atoms with Crippen molar-refractivity contribution in [2.75, 3.05) is 17.2 Å². The molecule has 0 spiro atoms. The van der Waals surface area contributed by atoms with Crippen LogP contribution in [0.4, 0.5) is 17.1 Å². The number of phenolic OH excluding ortho intramolecular Hbond substituents is 1. The summed E-state index contributed by atoms with van der Waals surface area (Å²) in [4.78, 5) is 27.3. The van der Waals surface area contributed by atoms with Crippen LogP contribution in [-0.4, -0.2) is 16.6 Å². The highest BCUT2D eigenvalue weighted by atomic mass is 16.3. The van der Waals surface area contributed by atoms with Gasteiger partial charge in [-0.05, 0) is 36.2 Å². The zero-order chi connectivity index (χ0) is 16.2. The van der Waals surface area contributed by atoms with Crippen LogP contribution in [-0.2, 0) is 6.42 Å². The third-order valence-corrected chi connectivity index (χ3v) is 3.49. The minimum atomic E-state index is -0.526. The zero-order valence-corrected chi connectivity index (χ0v) is 12.2. The second-order valence-corrected chi connectivity index (χ2v) is 5.12. The second-order valence-electron chi connectivity index (χ2n) is 5.12. The van der Waals surface area contributed by atoms with Crippen molar-refractivity contribution in [1.29, 1.82) is 0 Å². The van der Waals surface area contributed by atoms with E-state index in [2.05, 4.69) is 15.6 Å². The molecule has 0 atom stereocenters. The maximum absolute atomic E-state index is 11.7. The van der Waals surface area contributed by atoms with Gasteiger partial charge < -0.3 is 15.7 Å². The van der Waals surface area contributed by atoms with E-state index in [1.807, 2.05) is 6.07 Å². The minimum Gasteiger partial charge on any atom is -0.508 e. The van der Waals surface area contributed by atoms with Gasteiger partial charge in [-0.3, -0.25) is 14.6 Å². The number of rotatable bonds is 6. The Morgan fingerprint density at radius 3 is 2.48 bits per heavy atom. The van der Waals surface area contributed by atoms with Crippen molar-refractivity contribution in [3.63, 3.8) is 0 Å². The van der Waals surface area contributed by atoms with E-state index in [1.54, 1.807) is 42.7 Å². The highest BCUT2D eigenvalue weighted by Gasteiger charge is 2.20. The normalized spacial score (nSPS) is 10.6. The van der Waals surface area contributed by atoms with Gasteiger partial charge in [-0.2, -0.15) is 0 Å². The fraction of sp³-hybridized carbons (Fsp3) is 0.118. The number of anilines is 3. The molecule has 0 fully saturated rings. The second kappa shape index (κ2) is 6.31. The quantitative estimate of drug-likeness (QED) is 0.601. The van der Waals surface area contributed by atoms with Gasteiger partial charge in [-0.1, -0.05) is 12.1 Å². The van der Waals surface area contributed by atoms with Crippen LogP contribution in [0.1, 0.15) is 5.56 Å². The third kappa shape index (κ3) is 3.21. The van der Waals surface area contributed by atoms with Crippen molar-refractivity contribution in [2.24, 2.45) is 0 Å². The minimum absolute atomic E-state index is 0.205. The fourth-order valence-corrected chi connectivity index (χ4v) is 2.30. The Bertz CT molecular complexity index is 884. The van der Waals surface area contributed by atoms with Crippen LogP contribution in [0.15, 0.2) is 58.4 Å². The number of hydrogen-bond acceptors (Lipinski definition) is 6. The van der Waals surface area contributed by atoms with Gasteiger partial charge in [0.1, 0.15) is 17.1 Å². The lowest BCUT2D eigenvalue weighted by Crippen LogP contribution is -2.37. The SMILES string of the molecule is O=c1c(NCCc2cccc(O)c2)c(Nc2ccncc2)c1=O. The van der Waals surface area contributed by atoms with Crippen LogP contribution in [0.3, 0.4) is 0 Å². The van der Waals surface area contributed by atoms with E-state index in [0.717, 1.165) is 5.56 Å². The number of aromatic hydroxyl groups is 1. The Morgan fingerprint density at radius 1 is 1.00 bits per heavy atom. The van der Waals surface area contributed by atoms with Crippen molar-refractivity contribution < 1.29 is 5.11 Å². The molecule has 23 heavy (non-hydrogen) atoms. The average Bonchev–Trinajstić information content (AvgIpc) is 2.58. The zero-order valence-electron chi connectivity index (χ0n) is 12.2. The molecule has 0 aliphatic rings. The van der Waals surface area contributed by atoms with Gasteiger partial charge >= 0.3 is 0 Å². The molecule has 3 N–H and O–H groups in total. The molecular weight excluding hydrogens is 294 g/mol. The number of benzene rings is 1. The van der Waals surface area contributed by atoms with Gasteiger partial charge in [0.25, 0.3) is 10.9 Å². The average molecular weight is 309 g/mol. The summed E-state index contributed by atoms with van der Waals surface area (Å²) in [7, 11) is 0. The molecule has 0 unspecified atom stereocenters. The molecule has 3 rings (SSSR count). The summed E-state index contributed by atoms with van der Waals surface area (Å²) in [5.74, 6) is 0.205. The first-order valence-corrected chi connectivity index (χ1v) is 7.17. The van der Waals surface area contributed by atoms with E-state index >= 15 is 0 Å². The lowest BCUT2D eigenvalue weighted by atomic mass is 10.1. The Labute approximate surface area is 132 Å². The smallest absolute Gasteiger partial charge is 0.253 e. The topological polar surface area (TPSA) is 91.3 Å². The Balaban J connectivity index is 1.66. The predicted molar refractivity (Wildman–Crippen MR) is 89.2 cm³/mol. The summed E-state index contributed by atoms with van der Waals surface area (Å²) < 4.78 is 0. The molecule has 2 aromatic carbocycles. The fourth-order valence-electron chi connectivity index (χ4n) is 2.30. The molecule has 0 bridgehead atoms. The summed E-state index contributed by atoms with van der Waals surface area (Å²) in [6.45, 7) is 0.485. The first-order chi connectivity index (χ1) is 11.1. The molecule has 1 heterocycles. The monoisotopic (exact) mass is 309 g/mol. The molecule has 0 amide bonds. The van der Waals surface area contributed by atoms with Crippen LogP contribution in [0, 0.1) is 0 Å². The van der Waals surface area contributed by atoms with Crippen molar-refractivity contribution in [2.45, 2.75) is 6.42 Å². The number of nitrogens with zero attached hydrogens (tertiary/aromatic N) is 1. The van der Waals surface area contributed by atoms with Crippen molar-refractivity contribution in [1.82, 2.24) is 4.98 Å². The molecule has 1 aromatic heterocycles. The maximum Gasteiger partial charge on any atom is 0.253 e. The van der Waals surface area contributed by atoms with Crippen LogP contribution in [0.2, 0.25) is 0 Å². The van der Waals surface area contributed by atoms with E-state index in [1.165, 1.54) is 0 Å². The summed E-state index contributed by atoms with van der Waals surface area (Å²) >= 11 is 0. The van der Waals surface area contributed by atoms with Crippen LogP contribution in [0.25, 0.3) is 0 Å². The highest BCUT2D eigenvalue weighted by molar-refractivity contribution is 5.78. The van der Waals surface area contributed by atoms with Gasteiger partial charge in [0.2, 0.25) is 0 Å². The molecule has 6 nitrogen and oxygen atoms in total. The molecule has 0 aliphatic carbocycles. The molecule has 0 radical (unpaired) electrons. The predicted octanol–water partition coefficient (Wildman–Crippen LogP) is 1.78. The lowest BCUT2D eigenvalue weighted by Gasteiger charge is -2.14. The van der Waals surface area contributed by atoms with Crippen molar-refractivity contribution in [3.05, 3.63) is 74.8 Å². The van der Waals surface area contributed by atoms with E-state index in [9.17, 15) is 14.7 Å². The van der Waals surface area contributed by atoms with Gasteiger partial charge in [0, 0.05) is 24.6 Å². The molecule has 0 saturated heterocycles. The number of hydrogen-bond donors (Lipinski definition) is 3. The highest BCUT2D eigenvalue weighted by Crippen LogP contribution is 2.20. The molecule has 0 aliphatic heterocycles. The van der Waals surface area contributed by atoms with Gasteiger partial charge in [-0.25, -0.2) is 0 Å². The van der Waals surface area contributed by atoms with Gasteiger partial charge in [0.15, 0.2) is 0 Å². The molecule has 0 saturated carbocycles. The standard InChI is InChI=1S/C17H15N3O3/c21-13-3-1-2-11(10-13)4-9-19-14-15(17(23)16(14)22)20-12-5-7-18-8-6-12/h1-3,5-8,10,19,21H,4,9H2,(H,18,20). The summed E-state index contributed by atoms with van der Waals surface area (Å²) in [6, 6.07) is 10.4. The Morgan fingerprint density at radius 2 is 1.74 bits per heavy atom. The largest absolute Gasteiger partial charge is 0.508 e. The molecular formula is C17H15N3O3. The third-order valence-electron chi connectivity index (χ3n) is 3.49. The summed E-state index contributed by atoms with van der Waals surface area (Å²) in [5, 5.41) is 15.3. The van der Waals surface area contributed by atoms with Crippen molar-refractivity contribution in [3.8, 4) is 5.75 Å². The number of nitrogens with one attached hydrogen (secondary N) is 2. The van der Waals surface area contributed by atoms with E-state index in [0.29, 0.717) is 24.3 Å². The van der Waals surface area contributed by atoms with E-state index in [-0.39, 0.29) is 11.4 Å². The first kappa shape index (κ1) is 14.8. The van der Waals surface area contributed by atoms with Crippen LogP contribution in [0.5, 0.6) is 5.75 Å². The number of aromatic nitrogens is 1. The van der Waals surface area contributed by atoms with Crippen molar-refractivity contribution >= 4 is 17.1 Å². The van der Waals surface area contributed by atoms with Crippen LogP contribution >= 0.6 is 0 Å². The summed E-state index contributed by atoms with van der Waals surface area (Å²) in [6.07, 6.45) is 3.83. The number of phenols is 1. The molecule has 116 valence electrons. The maximum atomic E-state index is 11.7. The Hall–Kier alpha value is -3.15. The van der Waals surface area contributed by atoms with Gasteiger partial charge in [0.05, 0.1) is 0 Å². The Kier molecular flexibility index (Phi) is 4.05. The molecule has 3 aromatic rings. The van der Waals surface area contributed by atoms with Gasteiger partial charge in [-0.15, -0.1) is 0 Å². The summed E-state index contributed by atoms with van der Waals surface area (Å²) in [5.41, 5.74) is 1.17. The van der Waals surface area contributed by atoms with Crippen LogP contribution < -0.4 is 21.5 Å².